The molecule has 3 rings (SSSR count). The summed E-state index contributed by atoms with van der Waals surface area (Å²) in [6.45, 7) is 3.09. The lowest BCUT2D eigenvalue weighted by molar-refractivity contribution is -0.133. The molecule has 0 spiro atoms. The molecule has 0 aromatic heterocycles. The molecule has 1 aliphatic rings. The Morgan fingerprint density at radius 3 is 2.48 bits per heavy atom. The van der Waals surface area contributed by atoms with Gasteiger partial charge in [0.1, 0.15) is 5.82 Å². The maximum Gasteiger partial charge on any atom is 0.226 e. The first-order valence-corrected chi connectivity index (χ1v) is 9.46. The molecule has 144 valence electrons. The maximum atomic E-state index is 13.2. The maximum absolute atomic E-state index is 13.2. The lowest BCUT2D eigenvalue weighted by Gasteiger charge is -2.32. The van der Waals surface area contributed by atoms with E-state index in [1.165, 1.54) is 12.1 Å². The fourth-order valence-electron chi connectivity index (χ4n) is 3.24. The molecular formula is C22H26FNO3. The standard InChI is InChI=1S/C22H26FNO3/c23-20-8-4-7-19(15-20)16-22(25)24-11-9-21(10-12-24)27-14-13-26-17-18-5-2-1-3-6-18/h1-8,15,21H,9-14,16-17H2. The molecule has 5 heteroatoms. The monoisotopic (exact) mass is 371 g/mol. The van der Waals surface area contributed by atoms with Crippen LogP contribution >= 0.6 is 0 Å². The van der Waals surface area contributed by atoms with Crippen molar-refractivity contribution >= 4 is 5.91 Å². The lowest BCUT2D eigenvalue weighted by atomic mass is 10.1. The van der Waals surface area contributed by atoms with E-state index in [2.05, 4.69) is 0 Å². The Morgan fingerprint density at radius 2 is 1.74 bits per heavy atom. The van der Waals surface area contributed by atoms with Gasteiger partial charge in [-0.15, -0.1) is 0 Å². The lowest BCUT2D eigenvalue weighted by Crippen LogP contribution is -2.41. The first-order chi connectivity index (χ1) is 13.2. The average Bonchev–Trinajstić information content (AvgIpc) is 2.69. The quantitative estimate of drug-likeness (QED) is 0.666. The fraction of sp³-hybridized carbons (Fsp3) is 0.409. The average molecular weight is 371 g/mol. The summed E-state index contributed by atoms with van der Waals surface area (Å²) in [7, 11) is 0. The second-order valence-corrected chi connectivity index (χ2v) is 6.80. The van der Waals surface area contributed by atoms with Gasteiger partial charge in [0.25, 0.3) is 0 Å². The molecule has 0 aliphatic carbocycles. The van der Waals surface area contributed by atoms with Crippen LogP contribution in [0.4, 0.5) is 4.39 Å². The highest BCUT2D eigenvalue weighted by atomic mass is 19.1. The largest absolute Gasteiger partial charge is 0.376 e. The number of piperidine rings is 1. The number of hydrogen-bond donors (Lipinski definition) is 0. The third kappa shape index (κ3) is 6.45. The zero-order valence-corrected chi connectivity index (χ0v) is 15.5. The summed E-state index contributed by atoms with van der Waals surface area (Å²) in [5.74, 6) is -0.257. The van der Waals surface area contributed by atoms with Gasteiger partial charge in [0, 0.05) is 13.1 Å². The van der Waals surface area contributed by atoms with Crippen LogP contribution < -0.4 is 0 Å². The zero-order valence-electron chi connectivity index (χ0n) is 15.5. The fourth-order valence-corrected chi connectivity index (χ4v) is 3.24. The summed E-state index contributed by atoms with van der Waals surface area (Å²) in [4.78, 5) is 14.2. The van der Waals surface area contributed by atoms with Crippen molar-refractivity contribution in [3.8, 4) is 0 Å². The number of rotatable bonds is 8. The molecule has 0 N–H and O–H groups in total. The summed E-state index contributed by atoms with van der Waals surface area (Å²) in [5, 5.41) is 0. The highest BCUT2D eigenvalue weighted by Crippen LogP contribution is 2.15. The van der Waals surface area contributed by atoms with Gasteiger partial charge in [0.05, 0.1) is 32.3 Å². The van der Waals surface area contributed by atoms with Gasteiger partial charge >= 0.3 is 0 Å². The summed E-state index contributed by atoms with van der Waals surface area (Å²) in [5.41, 5.74) is 1.87. The van der Waals surface area contributed by atoms with Crippen molar-refractivity contribution < 1.29 is 18.7 Å². The Bertz CT molecular complexity index is 715. The van der Waals surface area contributed by atoms with Crippen molar-refractivity contribution in [1.29, 1.82) is 0 Å². The van der Waals surface area contributed by atoms with Gasteiger partial charge in [0.15, 0.2) is 0 Å². The van der Waals surface area contributed by atoms with Gasteiger partial charge in [0.2, 0.25) is 5.91 Å². The van der Waals surface area contributed by atoms with Crippen LogP contribution in [-0.2, 0) is 27.3 Å². The molecule has 0 bridgehead atoms. The molecule has 0 saturated carbocycles. The van der Waals surface area contributed by atoms with E-state index in [-0.39, 0.29) is 24.2 Å². The van der Waals surface area contributed by atoms with Crippen molar-refractivity contribution in [3.63, 3.8) is 0 Å². The Hall–Kier alpha value is -2.24. The van der Waals surface area contributed by atoms with E-state index in [9.17, 15) is 9.18 Å². The van der Waals surface area contributed by atoms with Crippen molar-refractivity contribution in [2.24, 2.45) is 0 Å². The number of nitrogens with zero attached hydrogens (tertiary/aromatic N) is 1. The third-order valence-electron chi connectivity index (χ3n) is 4.73. The number of amides is 1. The number of ether oxygens (including phenoxy) is 2. The topological polar surface area (TPSA) is 38.8 Å². The Kier molecular flexibility index (Phi) is 7.36. The molecule has 0 atom stereocenters. The SMILES string of the molecule is O=C(Cc1cccc(F)c1)N1CCC(OCCOCc2ccccc2)CC1. The minimum atomic E-state index is -0.304. The predicted molar refractivity (Wildman–Crippen MR) is 102 cm³/mol. The van der Waals surface area contributed by atoms with Gasteiger partial charge in [-0.2, -0.15) is 0 Å². The van der Waals surface area contributed by atoms with Crippen molar-refractivity contribution in [3.05, 3.63) is 71.5 Å². The first kappa shape index (κ1) is 19.5. The van der Waals surface area contributed by atoms with Crippen LogP contribution in [0, 0.1) is 5.82 Å². The molecule has 1 amide bonds. The molecule has 1 heterocycles. The van der Waals surface area contributed by atoms with Crippen LogP contribution in [0.25, 0.3) is 0 Å². The second-order valence-electron chi connectivity index (χ2n) is 6.80. The van der Waals surface area contributed by atoms with E-state index >= 15 is 0 Å². The van der Waals surface area contributed by atoms with E-state index in [1.807, 2.05) is 35.2 Å². The Morgan fingerprint density at radius 1 is 1.00 bits per heavy atom. The summed E-state index contributed by atoms with van der Waals surface area (Å²) < 4.78 is 24.7. The number of benzene rings is 2. The van der Waals surface area contributed by atoms with E-state index in [1.54, 1.807) is 12.1 Å². The zero-order chi connectivity index (χ0) is 18.9. The minimum absolute atomic E-state index is 0.0465. The molecule has 2 aromatic carbocycles. The molecule has 0 radical (unpaired) electrons. The molecule has 4 nitrogen and oxygen atoms in total. The molecule has 0 unspecified atom stereocenters. The predicted octanol–water partition coefficient (Wildman–Crippen LogP) is 3.59. The van der Waals surface area contributed by atoms with E-state index in [0.29, 0.717) is 38.5 Å². The van der Waals surface area contributed by atoms with Gasteiger partial charge in [-0.25, -0.2) is 4.39 Å². The third-order valence-corrected chi connectivity index (χ3v) is 4.73. The normalized spacial score (nSPS) is 15.1. The molecule has 1 aliphatic heterocycles. The summed E-state index contributed by atoms with van der Waals surface area (Å²) in [6.07, 6.45) is 2.07. The highest BCUT2D eigenvalue weighted by Gasteiger charge is 2.23. The molecular weight excluding hydrogens is 345 g/mol. The molecule has 1 fully saturated rings. The van der Waals surface area contributed by atoms with Crippen LogP contribution in [0.5, 0.6) is 0 Å². The van der Waals surface area contributed by atoms with Crippen molar-refractivity contribution in [1.82, 2.24) is 4.90 Å². The van der Waals surface area contributed by atoms with Crippen molar-refractivity contribution in [2.75, 3.05) is 26.3 Å². The first-order valence-electron chi connectivity index (χ1n) is 9.46. The van der Waals surface area contributed by atoms with Crippen LogP contribution in [0.15, 0.2) is 54.6 Å². The highest BCUT2D eigenvalue weighted by molar-refractivity contribution is 5.78. The van der Waals surface area contributed by atoms with Gasteiger partial charge in [-0.05, 0) is 36.1 Å². The Labute approximate surface area is 159 Å². The van der Waals surface area contributed by atoms with Crippen LogP contribution in [-0.4, -0.2) is 43.2 Å². The molecule has 27 heavy (non-hydrogen) atoms. The Balaban J connectivity index is 1.30. The number of halogens is 1. The number of hydrogen-bond acceptors (Lipinski definition) is 3. The van der Waals surface area contributed by atoms with E-state index < -0.39 is 0 Å². The molecule has 2 aromatic rings. The van der Waals surface area contributed by atoms with E-state index in [4.69, 9.17) is 9.47 Å². The number of carbonyl (C=O) groups is 1. The van der Waals surface area contributed by atoms with Crippen LogP contribution in [0.1, 0.15) is 24.0 Å². The van der Waals surface area contributed by atoms with Gasteiger partial charge < -0.3 is 14.4 Å². The summed E-state index contributed by atoms with van der Waals surface area (Å²) in [6, 6.07) is 16.3. The second kappa shape index (κ2) is 10.2. The van der Waals surface area contributed by atoms with Gasteiger partial charge in [-0.1, -0.05) is 42.5 Å². The molecule has 1 saturated heterocycles. The van der Waals surface area contributed by atoms with Crippen LogP contribution in [0.3, 0.4) is 0 Å². The van der Waals surface area contributed by atoms with Crippen molar-refractivity contribution in [2.45, 2.75) is 32.0 Å². The minimum Gasteiger partial charge on any atom is -0.376 e. The van der Waals surface area contributed by atoms with Gasteiger partial charge in [-0.3, -0.25) is 4.79 Å². The van der Waals surface area contributed by atoms with Crippen LogP contribution in [0.2, 0.25) is 0 Å². The number of carbonyl (C=O) groups excluding carboxylic acids is 1. The van der Waals surface area contributed by atoms with E-state index in [0.717, 1.165) is 18.4 Å². The smallest absolute Gasteiger partial charge is 0.226 e. The summed E-state index contributed by atoms with van der Waals surface area (Å²) >= 11 is 0. The number of likely N-dealkylation sites (tertiary alicyclic amines) is 1.